The van der Waals surface area contributed by atoms with Crippen molar-refractivity contribution in [2.45, 2.75) is 13.0 Å². The minimum atomic E-state index is -0.547. The topological polar surface area (TPSA) is 90.8 Å². The molecule has 0 saturated heterocycles. The highest BCUT2D eigenvalue weighted by molar-refractivity contribution is 7.19. The van der Waals surface area contributed by atoms with Gasteiger partial charge in [-0.05, 0) is 6.07 Å². The largest absolute Gasteiger partial charge is 0.325 e. The third-order valence-electron chi connectivity index (χ3n) is 4.60. The number of fused-ring (bicyclic) bond motifs is 3. The molecule has 0 aromatic carbocycles. The van der Waals surface area contributed by atoms with Gasteiger partial charge in [-0.25, -0.2) is 9.99 Å². The number of aryl methyl sites for hydroxylation is 1. The van der Waals surface area contributed by atoms with Gasteiger partial charge in [-0.2, -0.15) is 14.6 Å². The maximum atomic E-state index is 13.2. The monoisotopic (exact) mass is 394 g/mol. The van der Waals surface area contributed by atoms with Gasteiger partial charge in [-0.3, -0.25) is 10.2 Å². The first-order valence-corrected chi connectivity index (χ1v) is 9.33. The number of aromatic amines is 2. The van der Waals surface area contributed by atoms with Crippen molar-refractivity contribution in [3.63, 3.8) is 0 Å². The number of halogens is 1. The van der Waals surface area contributed by atoms with Crippen molar-refractivity contribution < 1.29 is 4.39 Å². The van der Waals surface area contributed by atoms with Gasteiger partial charge in [0.25, 0.3) is 0 Å². The summed E-state index contributed by atoms with van der Waals surface area (Å²) < 4.78 is 16.3. The number of H-pyrrole nitrogens is 2. The van der Waals surface area contributed by atoms with E-state index in [-0.39, 0.29) is 0 Å². The summed E-state index contributed by atoms with van der Waals surface area (Å²) in [5.41, 5.74) is 8.14. The first-order chi connectivity index (χ1) is 13.6. The molecule has 28 heavy (non-hydrogen) atoms. The summed E-state index contributed by atoms with van der Waals surface area (Å²) in [5, 5.41) is 20.4. The smallest absolute Gasteiger partial charge is 0.232 e. The Morgan fingerprint density at radius 3 is 2.93 bits per heavy atom. The molecule has 140 valence electrons. The maximum absolute atomic E-state index is 13.2. The summed E-state index contributed by atoms with van der Waals surface area (Å²) >= 11 is 1.64. The Hall–Kier alpha value is -3.49. The number of hydrazone groups is 1. The van der Waals surface area contributed by atoms with E-state index < -0.39 is 5.95 Å². The van der Waals surface area contributed by atoms with Crippen LogP contribution in [0.1, 0.15) is 27.7 Å². The molecule has 4 aromatic rings. The lowest BCUT2D eigenvalue weighted by atomic mass is 10.1. The Morgan fingerprint density at radius 2 is 2.21 bits per heavy atom. The highest BCUT2D eigenvalue weighted by Gasteiger charge is 2.27. The fraction of sp³-hybridized carbons (Fsp3) is 0.167. The van der Waals surface area contributed by atoms with E-state index >= 15 is 0 Å². The lowest BCUT2D eigenvalue weighted by Gasteiger charge is -2.24. The normalized spacial score (nSPS) is 13.4. The number of hydrogen-bond acceptors (Lipinski definition) is 6. The first kappa shape index (κ1) is 16.7. The van der Waals surface area contributed by atoms with Crippen molar-refractivity contribution in [2.24, 2.45) is 12.1 Å². The third-order valence-corrected chi connectivity index (χ3v) is 5.68. The number of thiazole rings is 1. The van der Waals surface area contributed by atoms with E-state index in [1.807, 2.05) is 23.9 Å². The summed E-state index contributed by atoms with van der Waals surface area (Å²) in [6, 6.07) is 3.29. The Morgan fingerprint density at radius 1 is 1.32 bits per heavy atom. The Kier molecular flexibility index (Phi) is 3.75. The number of hydrogen-bond donors (Lipinski definition) is 2. The average Bonchev–Trinajstić information content (AvgIpc) is 3.45. The molecule has 0 saturated carbocycles. The number of rotatable bonds is 4. The fourth-order valence-electron chi connectivity index (χ4n) is 3.36. The van der Waals surface area contributed by atoms with Crippen LogP contribution >= 0.6 is 11.3 Å². The molecular weight excluding hydrogens is 379 g/mol. The Balaban J connectivity index is 1.53. The second-order valence-corrected chi connectivity index (χ2v) is 7.47. The highest BCUT2D eigenvalue weighted by atomic mass is 32.1. The Labute approximate surface area is 162 Å². The molecule has 0 aliphatic carbocycles. The standard InChI is InChI=1S/C18H15FN8S/c1-3-13-16-12(8-21-27(13)9-11-6-14(19)25-24-11)17-18(26(16)2)22-15(28-17)7-10-4-5-20-23-10/h4-6,8H,1,7,9H2,2H3,(H,20,23)(H,24,25). The molecule has 10 heteroatoms. The molecule has 1 aliphatic heterocycles. The van der Waals surface area contributed by atoms with E-state index in [4.69, 9.17) is 4.98 Å². The van der Waals surface area contributed by atoms with Gasteiger partial charge in [-0.15, -0.1) is 16.4 Å². The van der Waals surface area contributed by atoms with Crippen molar-refractivity contribution in [3.8, 4) is 0 Å². The fourth-order valence-corrected chi connectivity index (χ4v) is 4.49. The molecule has 5 heterocycles. The van der Waals surface area contributed by atoms with Crippen LogP contribution in [0.3, 0.4) is 0 Å². The lowest BCUT2D eigenvalue weighted by Crippen LogP contribution is -2.21. The predicted molar refractivity (Wildman–Crippen MR) is 104 cm³/mol. The second kappa shape index (κ2) is 6.29. The van der Waals surface area contributed by atoms with Crippen molar-refractivity contribution in [1.82, 2.24) is 35.0 Å². The van der Waals surface area contributed by atoms with E-state index in [2.05, 4.69) is 37.8 Å². The second-order valence-electron chi connectivity index (χ2n) is 6.38. The summed E-state index contributed by atoms with van der Waals surface area (Å²) in [5.74, 6) is -0.547. The van der Waals surface area contributed by atoms with Crippen LogP contribution in [0.2, 0.25) is 0 Å². The Bertz CT molecular complexity index is 1250. The third kappa shape index (κ3) is 2.58. The molecule has 0 unspecified atom stereocenters. The summed E-state index contributed by atoms with van der Waals surface area (Å²) in [6.07, 6.45) is 4.24. The molecule has 1 aliphatic rings. The molecule has 2 N–H and O–H groups in total. The van der Waals surface area contributed by atoms with Crippen LogP contribution in [0, 0.1) is 5.95 Å². The van der Waals surface area contributed by atoms with Crippen LogP contribution in [-0.2, 0) is 20.0 Å². The molecule has 0 fully saturated rings. The van der Waals surface area contributed by atoms with E-state index in [0.717, 1.165) is 38.0 Å². The van der Waals surface area contributed by atoms with E-state index in [1.54, 1.807) is 22.5 Å². The minimum Gasteiger partial charge on any atom is -0.325 e. The average molecular weight is 394 g/mol. The predicted octanol–water partition coefficient (Wildman–Crippen LogP) is 2.79. The van der Waals surface area contributed by atoms with Crippen molar-refractivity contribution in [2.75, 3.05) is 0 Å². The van der Waals surface area contributed by atoms with Crippen LogP contribution in [0.15, 0.2) is 35.7 Å². The van der Waals surface area contributed by atoms with Gasteiger partial charge in [0.2, 0.25) is 5.95 Å². The van der Waals surface area contributed by atoms with Gasteiger partial charge in [0, 0.05) is 37.0 Å². The van der Waals surface area contributed by atoms with Crippen LogP contribution in [0.5, 0.6) is 0 Å². The first-order valence-electron chi connectivity index (χ1n) is 8.52. The number of aromatic nitrogens is 6. The minimum absolute atomic E-state index is 0.335. The van der Waals surface area contributed by atoms with Crippen LogP contribution in [0.4, 0.5) is 4.39 Å². The van der Waals surface area contributed by atoms with Crippen LogP contribution in [0.25, 0.3) is 16.0 Å². The van der Waals surface area contributed by atoms with Gasteiger partial charge in [0.05, 0.1) is 28.8 Å². The van der Waals surface area contributed by atoms with Crippen molar-refractivity contribution >= 4 is 33.6 Å². The molecular formula is C18H15FN8S. The molecule has 0 atom stereocenters. The van der Waals surface area contributed by atoms with Crippen LogP contribution < -0.4 is 0 Å². The van der Waals surface area contributed by atoms with Crippen molar-refractivity contribution in [1.29, 1.82) is 0 Å². The molecule has 0 radical (unpaired) electrons. The number of nitrogens with zero attached hydrogens (tertiary/aromatic N) is 6. The summed E-state index contributed by atoms with van der Waals surface area (Å²) in [6.45, 7) is 4.16. The van der Waals surface area contributed by atoms with Gasteiger partial charge >= 0.3 is 0 Å². The van der Waals surface area contributed by atoms with Crippen LogP contribution in [-0.4, -0.2) is 41.2 Å². The molecule has 5 rings (SSSR count). The van der Waals surface area contributed by atoms with E-state index in [1.165, 1.54) is 6.07 Å². The molecule has 4 aromatic heterocycles. The van der Waals surface area contributed by atoms with E-state index in [0.29, 0.717) is 18.7 Å². The maximum Gasteiger partial charge on any atom is 0.232 e. The molecule has 8 nitrogen and oxygen atoms in total. The molecule has 0 bridgehead atoms. The zero-order valence-electron chi connectivity index (χ0n) is 14.9. The molecule has 0 amide bonds. The summed E-state index contributed by atoms with van der Waals surface area (Å²) in [4.78, 5) is 4.80. The zero-order chi connectivity index (χ0) is 19.3. The van der Waals surface area contributed by atoms with Gasteiger partial charge in [0.15, 0.2) is 5.65 Å². The van der Waals surface area contributed by atoms with Gasteiger partial charge < -0.3 is 4.57 Å². The van der Waals surface area contributed by atoms with E-state index in [9.17, 15) is 4.39 Å². The summed E-state index contributed by atoms with van der Waals surface area (Å²) in [7, 11) is 1.96. The zero-order valence-corrected chi connectivity index (χ0v) is 15.7. The highest BCUT2D eigenvalue weighted by Crippen LogP contribution is 2.37. The SMILES string of the molecule is C=C=C1c2c(c3sc(Cc4ccn[nH]4)nc3n2C)C=NN1Cc1cc(F)n[nH]1. The molecule has 0 spiro atoms. The lowest BCUT2D eigenvalue weighted by molar-refractivity contribution is 0.405. The quantitative estimate of drug-likeness (QED) is 0.521. The number of nitrogens with one attached hydrogen (secondary N) is 2. The van der Waals surface area contributed by atoms with Gasteiger partial charge in [-0.1, -0.05) is 12.3 Å². The van der Waals surface area contributed by atoms with Gasteiger partial charge in [0.1, 0.15) is 10.7 Å². The van der Waals surface area contributed by atoms with Crippen molar-refractivity contribution in [3.05, 3.63) is 64.2 Å².